The smallest absolute Gasteiger partial charge is 0.141 e. The van der Waals surface area contributed by atoms with E-state index >= 15 is 0 Å². The second-order valence-electron chi connectivity index (χ2n) is 4.53. The number of halogens is 1. The van der Waals surface area contributed by atoms with Crippen LogP contribution < -0.4 is 10.1 Å². The van der Waals surface area contributed by atoms with Crippen molar-refractivity contribution in [3.63, 3.8) is 0 Å². The molecule has 1 aromatic heterocycles. The van der Waals surface area contributed by atoms with Crippen molar-refractivity contribution in [2.75, 3.05) is 13.7 Å². The van der Waals surface area contributed by atoms with Crippen molar-refractivity contribution in [1.82, 2.24) is 10.3 Å². The molecule has 1 heterocycles. The summed E-state index contributed by atoms with van der Waals surface area (Å²) in [6.07, 6.45) is 2.00. The Hall–Kier alpha value is -1.94. The molecule has 0 bridgehead atoms. The third kappa shape index (κ3) is 3.54. The molecule has 0 saturated heterocycles. The zero-order chi connectivity index (χ0) is 14.4. The summed E-state index contributed by atoms with van der Waals surface area (Å²) < 4.78 is 18.3. The van der Waals surface area contributed by atoms with Crippen LogP contribution in [0.5, 0.6) is 5.75 Å². The lowest BCUT2D eigenvalue weighted by atomic mass is 10.0. The Labute approximate surface area is 118 Å². The molecule has 0 fully saturated rings. The van der Waals surface area contributed by atoms with Crippen LogP contribution in [0.15, 0.2) is 42.6 Å². The minimum Gasteiger partial charge on any atom is -0.496 e. The average molecular weight is 274 g/mol. The molecular weight excluding hydrogens is 255 g/mol. The first-order valence-corrected chi connectivity index (χ1v) is 6.71. The summed E-state index contributed by atoms with van der Waals surface area (Å²) in [5, 5.41) is 3.38. The van der Waals surface area contributed by atoms with Gasteiger partial charge in [0.15, 0.2) is 0 Å². The summed E-state index contributed by atoms with van der Waals surface area (Å²) in [6.45, 7) is 2.86. The third-order valence-electron chi connectivity index (χ3n) is 3.17. The number of nitrogens with one attached hydrogen (secondary N) is 1. The first-order chi connectivity index (χ1) is 9.74. The topological polar surface area (TPSA) is 34.1 Å². The maximum absolute atomic E-state index is 13.0. The highest BCUT2D eigenvalue weighted by molar-refractivity contribution is 5.34. The van der Waals surface area contributed by atoms with Gasteiger partial charge in [0.05, 0.1) is 25.0 Å². The van der Waals surface area contributed by atoms with Crippen molar-refractivity contribution in [2.45, 2.75) is 19.4 Å². The molecule has 2 aromatic rings. The fraction of sp³-hybridized carbons (Fsp3) is 0.312. The highest BCUT2D eigenvalue weighted by Crippen LogP contribution is 2.24. The number of hydrogen-bond donors (Lipinski definition) is 1. The van der Waals surface area contributed by atoms with Gasteiger partial charge in [-0.1, -0.05) is 25.1 Å². The summed E-state index contributed by atoms with van der Waals surface area (Å²) in [4.78, 5) is 4.17. The number of aromatic nitrogens is 1. The predicted octanol–water partition coefficient (Wildman–Crippen LogP) is 3.12. The zero-order valence-corrected chi connectivity index (χ0v) is 11.8. The zero-order valence-electron chi connectivity index (χ0n) is 11.8. The summed E-state index contributed by atoms with van der Waals surface area (Å²) >= 11 is 0. The second-order valence-corrected chi connectivity index (χ2v) is 4.53. The van der Waals surface area contributed by atoms with Crippen LogP contribution in [0, 0.1) is 5.82 Å². The number of hydrogen-bond acceptors (Lipinski definition) is 3. The van der Waals surface area contributed by atoms with Crippen LogP contribution in [0.1, 0.15) is 24.2 Å². The van der Waals surface area contributed by atoms with Crippen molar-refractivity contribution in [2.24, 2.45) is 0 Å². The van der Waals surface area contributed by atoms with Crippen LogP contribution in [-0.2, 0) is 6.42 Å². The van der Waals surface area contributed by atoms with Gasteiger partial charge < -0.3 is 10.1 Å². The number of likely N-dealkylation sites (N-methyl/N-ethyl adjacent to an activating group) is 1. The Morgan fingerprint density at radius 2 is 2.05 bits per heavy atom. The first kappa shape index (κ1) is 14.5. The van der Waals surface area contributed by atoms with Crippen molar-refractivity contribution in [3.05, 3.63) is 59.7 Å². The monoisotopic (exact) mass is 274 g/mol. The fourth-order valence-electron chi connectivity index (χ4n) is 2.21. The highest BCUT2D eigenvalue weighted by Gasteiger charge is 2.15. The third-order valence-corrected chi connectivity index (χ3v) is 3.17. The van der Waals surface area contributed by atoms with Crippen molar-refractivity contribution >= 4 is 0 Å². The summed E-state index contributed by atoms with van der Waals surface area (Å²) in [7, 11) is 1.66. The van der Waals surface area contributed by atoms with Gasteiger partial charge >= 0.3 is 0 Å². The average Bonchev–Trinajstić information content (AvgIpc) is 2.48. The van der Waals surface area contributed by atoms with Crippen molar-refractivity contribution in [3.8, 4) is 5.75 Å². The molecule has 2 rings (SSSR count). The Morgan fingerprint density at radius 3 is 2.70 bits per heavy atom. The van der Waals surface area contributed by atoms with Crippen molar-refractivity contribution in [1.29, 1.82) is 0 Å². The van der Waals surface area contributed by atoms with Crippen LogP contribution in [-0.4, -0.2) is 18.6 Å². The molecular formula is C16H19FN2O. The van der Waals surface area contributed by atoms with E-state index in [9.17, 15) is 4.39 Å². The van der Waals surface area contributed by atoms with Crippen LogP contribution in [0.2, 0.25) is 0 Å². The standard InChI is InChI=1S/C16H19FN2O/c1-3-18-15(14-9-8-13(17)11-19-14)10-12-6-4-5-7-16(12)20-2/h4-9,11,15,18H,3,10H2,1-2H3. The van der Waals surface area contributed by atoms with Crippen LogP contribution in [0.3, 0.4) is 0 Å². The molecule has 1 unspecified atom stereocenters. The van der Waals surface area contributed by atoms with E-state index in [2.05, 4.69) is 10.3 Å². The van der Waals surface area contributed by atoms with E-state index in [1.54, 1.807) is 13.2 Å². The molecule has 106 valence electrons. The van der Waals surface area contributed by atoms with E-state index in [1.807, 2.05) is 31.2 Å². The molecule has 0 saturated carbocycles. The SMILES string of the molecule is CCNC(Cc1ccccc1OC)c1ccc(F)cn1. The fourth-order valence-corrected chi connectivity index (χ4v) is 2.21. The molecule has 0 aliphatic heterocycles. The first-order valence-electron chi connectivity index (χ1n) is 6.71. The summed E-state index contributed by atoms with van der Waals surface area (Å²) in [5.74, 6) is 0.541. The number of pyridine rings is 1. The lowest BCUT2D eigenvalue weighted by molar-refractivity contribution is 0.405. The molecule has 1 N–H and O–H groups in total. The van der Waals surface area contributed by atoms with E-state index in [0.717, 1.165) is 30.0 Å². The molecule has 0 amide bonds. The van der Waals surface area contributed by atoms with E-state index in [-0.39, 0.29) is 11.9 Å². The lowest BCUT2D eigenvalue weighted by Gasteiger charge is -2.18. The molecule has 4 heteroatoms. The van der Waals surface area contributed by atoms with Gasteiger partial charge in [-0.2, -0.15) is 0 Å². The van der Waals surface area contributed by atoms with E-state index in [1.165, 1.54) is 12.3 Å². The number of para-hydroxylation sites is 1. The largest absolute Gasteiger partial charge is 0.496 e. The predicted molar refractivity (Wildman–Crippen MR) is 77.3 cm³/mol. The molecule has 3 nitrogen and oxygen atoms in total. The summed E-state index contributed by atoms with van der Waals surface area (Å²) in [6, 6.07) is 11.1. The van der Waals surface area contributed by atoms with Gasteiger partial charge in [-0.15, -0.1) is 0 Å². The van der Waals surface area contributed by atoms with Gasteiger partial charge in [-0.25, -0.2) is 4.39 Å². The molecule has 1 atom stereocenters. The van der Waals surface area contributed by atoms with Gasteiger partial charge in [0.25, 0.3) is 0 Å². The highest BCUT2D eigenvalue weighted by atomic mass is 19.1. The molecule has 1 aromatic carbocycles. The Kier molecular flexibility index (Phi) is 5.07. The van der Waals surface area contributed by atoms with Crippen LogP contribution in [0.25, 0.3) is 0 Å². The number of ether oxygens (including phenoxy) is 1. The van der Waals surface area contributed by atoms with Gasteiger partial charge in [0, 0.05) is 0 Å². The second kappa shape index (κ2) is 7.01. The Morgan fingerprint density at radius 1 is 1.25 bits per heavy atom. The number of benzene rings is 1. The number of nitrogens with zero attached hydrogens (tertiary/aromatic N) is 1. The van der Waals surface area contributed by atoms with E-state index in [0.29, 0.717) is 0 Å². The molecule has 0 aliphatic carbocycles. The van der Waals surface area contributed by atoms with Crippen LogP contribution >= 0.6 is 0 Å². The molecule has 0 aliphatic rings. The quantitative estimate of drug-likeness (QED) is 0.878. The molecule has 0 radical (unpaired) electrons. The van der Waals surface area contributed by atoms with E-state index < -0.39 is 0 Å². The van der Waals surface area contributed by atoms with Gasteiger partial charge in [-0.3, -0.25) is 4.98 Å². The Bertz CT molecular complexity index is 542. The van der Waals surface area contributed by atoms with Gasteiger partial charge in [-0.05, 0) is 36.7 Å². The van der Waals surface area contributed by atoms with Crippen LogP contribution in [0.4, 0.5) is 4.39 Å². The molecule has 20 heavy (non-hydrogen) atoms. The minimum absolute atomic E-state index is 0.0388. The Balaban J connectivity index is 2.23. The van der Waals surface area contributed by atoms with E-state index in [4.69, 9.17) is 4.74 Å². The maximum atomic E-state index is 13.0. The normalized spacial score (nSPS) is 12.2. The number of rotatable bonds is 6. The number of methoxy groups -OCH3 is 1. The molecule has 0 spiro atoms. The lowest BCUT2D eigenvalue weighted by Crippen LogP contribution is -2.24. The minimum atomic E-state index is -0.318. The van der Waals surface area contributed by atoms with Gasteiger partial charge in [0.1, 0.15) is 11.6 Å². The van der Waals surface area contributed by atoms with Gasteiger partial charge in [0.2, 0.25) is 0 Å². The maximum Gasteiger partial charge on any atom is 0.141 e. The summed E-state index contributed by atoms with van der Waals surface area (Å²) in [5.41, 5.74) is 1.94. The van der Waals surface area contributed by atoms with Crippen molar-refractivity contribution < 1.29 is 9.13 Å².